The molecule has 1 aliphatic rings. The number of hydrogen-bond donors (Lipinski definition) is 0. The van der Waals surface area contributed by atoms with Crippen LogP contribution in [0, 0.1) is 11.3 Å². The molecule has 0 N–H and O–H groups in total. The summed E-state index contributed by atoms with van der Waals surface area (Å²) in [5.41, 5.74) is 14.5. The minimum Gasteiger partial charge on any atom is -0.208 e. The van der Waals surface area contributed by atoms with Crippen molar-refractivity contribution >= 4 is 10.8 Å². The first kappa shape index (κ1) is 35.9. The monoisotopic (exact) mass is 776 g/mol. The van der Waals surface area contributed by atoms with E-state index in [1.807, 2.05) is 72.8 Å². The first-order chi connectivity index (χ1) is 30.2. The predicted octanol–water partition coefficient (Wildman–Crippen LogP) is 13.6. The predicted molar refractivity (Wildman–Crippen MR) is 247 cm³/mol. The van der Waals surface area contributed by atoms with Crippen LogP contribution < -0.4 is 0 Å². The molecule has 1 aromatic heterocycles. The van der Waals surface area contributed by atoms with Crippen LogP contribution in [0.25, 0.3) is 78.3 Å². The van der Waals surface area contributed by atoms with E-state index in [4.69, 9.17) is 15.0 Å². The number of aromatic nitrogens is 3. The van der Waals surface area contributed by atoms with Crippen molar-refractivity contribution in [2.75, 3.05) is 0 Å². The van der Waals surface area contributed by atoms with E-state index in [1.54, 1.807) is 0 Å². The molecule has 0 amide bonds. The summed E-state index contributed by atoms with van der Waals surface area (Å²) >= 11 is 0. The minimum absolute atomic E-state index is 0.617. The first-order valence-electron chi connectivity index (χ1n) is 20.5. The Morgan fingerprint density at radius 2 is 0.852 bits per heavy atom. The Kier molecular flexibility index (Phi) is 8.73. The van der Waals surface area contributed by atoms with Gasteiger partial charge in [0, 0.05) is 16.7 Å². The maximum Gasteiger partial charge on any atom is 0.164 e. The molecule has 0 spiro atoms. The van der Waals surface area contributed by atoms with Crippen molar-refractivity contribution in [1.82, 2.24) is 15.0 Å². The lowest BCUT2D eigenvalue weighted by molar-refractivity contribution is 0.769. The van der Waals surface area contributed by atoms with Gasteiger partial charge in [-0.2, -0.15) is 5.26 Å². The van der Waals surface area contributed by atoms with Gasteiger partial charge in [0.25, 0.3) is 0 Å². The van der Waals surface area contributed by atoms with Gasteiger partial charge in [0.05, 0.1) is 17.0 Å². The van der Waals surface area contributed by atoms with Crippen LogP contribution in [0.1, 0.15) is 27.8 Å². The normalized spacial score (nSPS) is 14.0. The number of nitrogens with zero attached hydrogens (tertiary/aromatic N) is 4. The summed E-state index contributed by atoms with van der Waals surface area (Å²) in [5.74, 6) is 1.89. The molecule has 9 aromatic carbocycles. The Morgan fingerprint density at radius 3 is 1.48 bits per heavy atom. The average Bonchev–Trinajstić information content (AvgIpc) is 3.65. The van der Waals surface area contributed by atoms with Crippen molar-refractivity contribution in [3.8, 4) is 73.6 Å². The van der Waals surface area contributed by atoms with Gasteiger partial charge >= 0.3 is 0 Å². The fourth-order valence-electron chi connectivity index (χ4n) is 9.20. The van der Waals surface area contributed by atoms with Gasteiger partial charge in [-0.25, -0.2) is 15.0 Å². The molecule has 1 atom stereocenters. The number of rotatable bonds is 7. The minimum atomic E-state index is -0.617. The molecule has 0 fully saturated rings. The number of benzene rings is 9. The Morgan fingerprint density at radius 1 is 0.361 bits per heavy atom. The fourth-order valence-corrected chi connectivity index (χ4v) is 9.20. The van der Waals surface area contributed by atoms with Crippen molar-refractivity contribution < 1.29 is 0 Å². The average molecular weight is 777 g/mol. The van der Waals surface area contributed by atoms with E-state index in [1.165, 1.54) is 38.6 Å². The lowest BCUT2D eigenvalue weighted by Crippen LogP contribution is -2.28. The molecule has 4 nitrogen and oxygen atoms in total. The zero-order chi connectivity index (χ0) is 40.8. The van der Waals surface area contributed by atoms with Gasteiger partial charge in [0.1, 0.15) is 0 Å². The largest absolute Gasteiger partial charge is 0.208 e. The van der Waals surface area contributed by atoms with Gasteiger partial charge in [-0.05, 0) is 96.7 Å². The van der Waals surface area contributed by atoms with E-state index in [0.717, 1.165) is 44.5 Å². The van der Waals surface area contributed by atoms with Gasteiger partial charge < -0.3 is 0 Å². The van der Waals surface area contributed by atoms with Crippen molar-refractivity contribution in [2.45, 2.75) is 5.41 Å². The Bertz CT molecular complexity index is 3240. The summed E-state index contributed by atoms with van der Waals surface area (Å²) < 4.78 is 0. The maximum absolute atomic E-state index is 9.80. The topological polar surface area (TPSA) is 62.5 Å². The molecule has 0 bridgehead atoms. The second-order valence-electron chi connectivity index (χ2n) is 15.5. The Balaban J connectivity index is 1.05. The van der Waals surface area contributed by atoms with Crippen molar-refractivity contribution in [3.05, 3.63) is 246 Å². The molecule has 284 valence electrons. The molecule has 0 radical (unpaired) electrons. The molecule has 1 unspecified atom stereocenters. The first-order valence-corrected chi connectivity index (χ1v) is 20.5. The van der Waals surface area contributed by atoms with Crippen LogP contribution in [-0.2, 0) is 5.41 Å². The third kappa shape index (κ3) is 6.11. The van der Waals surface area contributed by atoms with Gasteiger partial charge in [-0.1, -0.05) is 188 Å². The summed E-state index contributed by atoms with van der Waals surface area (Å²) in [6.45, 7) is 0. The zero-order valence-electron chi connectivity index (χ0n) is 33.1. The Labute approximate surface area is 354 Å². The Hall–Kier alpha value is -8.26. The molecule has 10 aromatic rings. The number of hydrogen-bond acceptors (Lipinski definition) is 4. The summed E-state index contributed by atoms with van der Waals surface area (Å²) in [6, 6.07) is 78.9. The molecule has 11 rings (SSSR count). The van der Waals surface area contributed by atoms with Crippen LogP contribution >= 0.6 is 0 Å². The maximum atomic E-state index is 9.80. The molecule has 0 saturated carbocycles. The standard InChI is InChI=1S/C57H36N4/c58-37-38-26-30-48(31-27-38)57(47-23-8-3-9-24-47)51-33-29-39-14-10-11-25-49(39)53(51)50-32-28-45(36-52(50)57)43-20-12-19-42(34-43)44-21-13-22-46(35-44)56-60-54(40-15-4-1-5-16-40)59-55(61-56)41-17-6-2-7-18-41/h1-36H. The van der Waals surface area contributed by atoms with Crippen LogP contribution in [-0.4, -0.2) is 15.0 Å². The van der Waals surface area contributed by atoms with Crippen LogP contribution in [0.4, 0.5) is 0 Å². The highest BCUT2D eigenvalue weighted by Crippen LogP contribution is 2.58. The molecule has 61 heavy (non-hydrogen) atoms. The van der Waals surface area contributed by atoms with E-state index >= 15 is 0 Å². The van der Waals surface area contributed by atoms with Crippen LogP contribution in [0.2, 0.25) is 0 Å². The SMILES string of the molecule is N#Cc1ccc(C2(c3ccccc3)c3cc(-c4cccc(-c5cccc(-c6nc(-c7ccccc7)nc(-c7ccccc7)n6)c5)c4)ccc3-c3c2ccc2ccccc32)cc1. The molecule has 1 aliphatic carbocycles. The molecular formula is C57H36N4. The summed E-state index contributed by atoms with van der Waals surface area (Å²) in [7, 11) is 0. The zero-order valence-corrected chi connectivity index (χ0v) is 33.1. The van der Waals surface area contributed by atoms with Crippen molar-refractivity contribution in [2.24, 2.45) is 0 Å². The highest BCUT2D eigenvalue weighted by atomic mass is 15.0. The summed E-state index contributed by atoms with van der Waals surface area (Å²) in [5, 5.41) is 12.2. The highest BCUT2D eigenvalue weighted by molar-refractivity contribution is 6.04. The number of nitriles is 1. The summed E-state index contributed by atoms with van der Waals surface area (Å²) in [6.07, 6.45) is 0. The highest BCUT2D eigenvalue weighted by Gasteiger charge is 2.46. The molecule has 1 heterocycles. The second kappa shape index (κ2) is 14.8. The third-order valence-electron chi connectivity index (χ3n) is 12.0. The molecule has 0 saturated heterocycles. The molecular weight excluding hydrogens is 741 g/mol. The van der Waals surface area contributed by atoms with E-state index in [0.29, 0.717) is 23.0 Å². The van der Waals surface area contributed by atoms with Crippen LogP contribution in [0.15, 0.2) is 218 Å². The van der Waals surface area contributed by atoms with Crippen molar-refractivity contribution in [1.29, 1.82) is 5.26 Å². The molecule has 4 heteroatoms. The van der Waals surface area contributed by atoms with Gasteiger partial charge in [-0.3, -0.25) is 0 Å². The van der Waals surface area contributed by atoms with Gasteiger partial charge in [0.15, 0.2) is 17.5 Å². The van der Waals surface area contributed by atoms with E-state index in [-0.39, 0.29) is 0 Å². The number of fused-ring (bicyclic) bond motifs is 5. The van der Waals surface area contributed by atoms with E-state index in [9.17, 15) is 5.26 Å². The van der Waals surface area contributed by atoms with E-state index < -0.39 is 5.41 Å². The van der Waals surface area contributed by atoms with Gasteiger partial charge in [-0.15, -0.1) is 0 Å². The molecule has 0 aliphatic heterocycles. The summed E-state index contributed by atoms with van der Waals surface area (Å²) in [4.78, 5) is 14.9. The van der Waals surface area contributed by atoms with Crippen molar-refractivity contribution in [3.63, 3.8) is 0 Å². The van der Waals surface area contributed by atoms with Gasteiger partial charge in [0.2, 0.25) is 0 Å². The van der Waals surface area contributed by atoms with E-state index in [2.05, 4.69) is 152 Å². The smallest absolute Gasteiger partial charge is 0.164 e. The third-order valence-corrected chi connectivity index (χ3v) is 12.0. The second-order valence-corrected chi connectivity index (χ2v) is 15.5. The fraction of sp³-hybridized carbons (Fsp3) is 0.0175. The lowest BCUT2D eigenvalue weighted by atomic mass is 9.67. The van der Waals surface area contributed by atoms with Crippen LogP contribution in [0.5, 0.6) is 0 Å². The lowest BCUT2D eigenvalue weighted by Gasteiger charge is -2.34. The van der Waals surface area contributed by atoms with Crippen LogP contribution in [0.3, 0.4) is 0 Å². The quantitative estimate of drug-likeness (QED) is 0.162.